The third-order valence-electron chi connectivity index (χ3n) is 2.79. The Morgan fingerprint density at radius 3 is 2.43 bits per heavy atom. The maximum atomic E-state index is 12.3. The molecule has 0 aliphatic carbocycles. The number of aromatic nitrogens is 1. The quantitative estimate of drug-likeness (QED) is 0.888. The Kier molecular flexibility index (Phi) is 5.40. The Labute approximate surface area is 130 Å². The number of halogens is 3. The van der Waals surface area contributed by atoms with Crippen molar-refractivity contribution in [3.8, 4) is 5.75 Å². The molecule has 0 fully saturated rings. The minimum Gasteiger partial charge on any atom is -0.405 e. The average molecular weight is 325 g/mol. The zero-order valence-electron chi connectivity index (χ0n) is 11.9. The van der Waals surface area contributed by atoms with Crippen molar-refractivity contribution >= 4 is 6.03 Å². The molecule has 0 atom stereocenters. The molecule has 0 spiro atoms. The summed E-state index contributed by atoms with van der Waals surface area (Å²) < 4.78 is 40.8. The molecule has 0 saturated carbocycles. The van der Waals surface area contributed by atoms with Crippen LogP contribution in [0.5, 0.6) is 5.75 Å². The fourth-order valence-electron chi connectivity index (χ4n) is 1.79. The molecule has 2 rings (SSSR count). The van der Waals surface area contributed by atoms with Gasteiger partial charge in [0.05, 0.1) is 12.2 Å². The second-order valence-electron chi connectivity index (χ2n) is 4.51. The monoisotopic (exact) mass is 325 g/mol. The van der Waals surface area contributed by atoms with Gasteiger partial charge >= 0.3 is 12.4 Å². The number of para-hydroxylation sites is 1. The molecule has 1 aromatic carbocycles. The normalized spacial score (nSPS) is 10.9. The molecular formula is C15H14F3N3O2. The van der Waals surface area contributed by atoms with Crippen LogP contribution in [-0.2, 0) is 13.1 Å². The molecule has 0 aliphatic heterocycles. The number of urea groups is 1. The van der Waals surface area contributed by atoms with Gasteiger partial charge in [-0.2, -0.15) is 0 Å². The summed E-state index contributed by atoms with van der Waals surface area (Å²) in [6.45, 7) is 0.119. The predicted octanol–water partition coefficient (Wildman–Crippen LogP) is 2.98. The lowest BCUT2D eigenvalue weighted by atomic mass is 10.2. The van der Waals surface area contributed by atoms with Gasteiger partial charge < -0.3 is 15.4 Å². The molecule has 23 heavy (non-hydrogen) atoms. The van der Waals surface area contributed by atoms with E-state index in [0.29, 0.717) is 5.69 Å². The van der Waals surface area contributed by atoms with Crippen LogP contribution in [0.15, 0.2) is 48.7 Å². The molecule has 2 aromatic rings. The highest BCUT2D eigenvalue weighted by molar-refractivity contribution is 5.73. The van der Waals surface area contributed by atoms with Crippen LogP contribution in [0.1, 0.15) is 11.3 Å². The Morgan fingerprint density at radius 2 is 1.74 bits per heavy atom. The van der Waals surface area contributed by atoms with Gasteiger partial charge in [0.1, 0.15) is 5.75 Å². The van der Waals surface area contributed by atoms with Crippen molar-refractivity contribution in [1.82, 2.24) is 15.6 Å². The highest BCUT2D eigenvalue weighted by Crippen LogP contribution is 2.25. The van der Waals surface area contributed by atoms with Gasteiger partial charge in [0.25, 0.3) is 0 Å². The van der Waals surface area contributed by atoms with E-state index in [4.69, 9.17) is 0 Å². The van der Waals surface area contributed by atoms with Gasteiger partial charge in [0, 0.05) is 18.3 Å². The predicted molar refractivity (Wildman–Crippen MR) is 76.4 cm³/mol. The van der Waals surface area contributed by atoms with Crippen molar-refractivity contribution in [2.45, 2.75) is 19.5 Å². The molecule has 0 unspecified atom stereocenters. The molecule has 1 heterocycles. The van der Waals surface area contributed by atoms with Gasteiger partial charge in [-0.05, 0) is 18.2 Å². The van der Waals surface area contributed by atoms with Gasteiger partial charge in [0.15, 0.2) is 0 Å². The average Bonchev–Trinajstić information content (AvgIpc) is 2.51. The molecule has 0 aliphatic rings. The zero-order chi connectivity index (χ0) is 16.7. The number of ether oxygens (including phenoxy) is 1. The van der Waals surface area contributed by atoms with Gasteiger partial charge in [-0.15, -0.1) is 13.2 Å². The van der Waals surface area contributed by atoms with Gasteiger partial charge in [-0.1, -0.05) is 24.3 Å². The molecule has 2 amide bonds. The number of hydrogen-bond acceptors (Lipinski definition) is 3. The number of hydrogen-bond donors (Lipinski definition) is 2. The molecule has 2 N–H and O–H groups in total. The van der Waals surface area contributed by atoms with E-state index in [9.17, 15) is 18.0 Å². The van der Waals surface area contributed by atoms with Crippen LogP contribution >= 0.6 is 0 Å². The zero-order valence-corrected chi connectivity index (χ0v) is 11.9. The maximum absolute atomic E-state index is 12.3. The summed E-state index contributed by atoms with van der Waals surface area (Å²) in [4.78, 5) is 15.7. The van der Waals surface area contributed by atoms with Gasteiger partial charge in [-0.25, -0.2) is 4.79 Å². The maximum Gasteiger partial charge on any atom is 0.573 e. The molecule has 0 saturated heterocycles. The van der Waals surface area contributed by atoms with Crippen molar-refractivity contribution in [3.05, 3.63) is 59.9 Å². The summed E-state index contributed by atoms with van der Waals surface area (Å²) in [6, 6.07) is 10.4. The number of benzene rings is 1. The largest absolute Gasteiger partial charge is 0.573 e. The number of alkyl halides is 3. The summed E-state index contributed by atoms with van der Waals surface area (Å²) >= 11 is 0. The van der Waals surface area contributed by atoms with Crippen LogP contribution in [0.4, 0.5) is 18.0 Å². The lowest BCUT2D eigenvalue weighted by Gasteiger charge is -2.13. The van der Waals surface area contributed by atoms with Crippen molar-refractivity contribution in [2.24, 2.45) is 0 Å². The lowest BCUT2D eigenvalue weighted by molar-refractivity contribution is -0.274. The van der Waals surface area contributed by atoms with E-state index in [1.165, 1.54) is 18.2 Å². The number of carbonyl (C=O) groups is 1. The fraction of sp³-hybridized carbons (Fsp3) is 0.200. The van der Waals surface area contributed by atoms with Crippen LogP contribution in [-0.4, -0.2) is 17.4 Å². The van der Waals surface area contributed by atoms with Crippen molar-refractivity contribution in [1.29, 1.82) is 0 Å². The Hall–Kier alpha value is -2.77. The Bertz CT molecular complexity index is 648. The fourth-order valence-corrected chi connectivity index (χ4v) is 1.79. The first kappa shape index (κ1) is 16.6. The molecular weight excluding hydrogens is 311 g/mol. The summed E-state index contributed by atoms with van der Waals surface area (Å²) in [7, 11) is 0. The van der Waals surface area contributed by atoms with E-state index in [1.54, 1.807) is 30.5 Å². The minimum atomic E-state index is -4.78. The summed E-state index contributed by atoms with van der Waals surface area (Å²) in [5, 5.41) is 5.03. The van der Waals surface area contributed by atoms with Crippen LogP contribution in [0.25, 0.3) is 0 Å². The van der Waals surface area contributed by atoms with E-state index < -0.39 is 12.4 Å². The Balaban J connectivity index is 1.87. The molecule has 0 radical (unpaired) electrons. The van der Waals surface area contributed by atoms with Crippen molar-refractivity contribution in [2.75, 3.05) is 0 Å². The first-order valence-corrected chi connectivity index (χ1v) is 6.69. The third kappa shape index (κ3) is 5.85. The molecule has 5 nitrogen and oxygen atoms in total. The molecule has 1 aromatic heterocycles. The van der Waals surface area contributed by atoms with E-state index in [1.807, 2.05) is 0 Å². The van der Waals surface area contributed by atoms with E-state index in [-0.39, 0.29) is 24.4 Å². The smallest absolute Gasteiger partial charge is 0.405 e. The Morgan fingerprint density at radius 1 is 1.04 bits per heavy atom. The number of nitrogens with one attached hydrogen (secondary N) is 2. The van der Waals surface area contributed by atoms with Crippen molar-refractivity contribution < 1.29 is 22.7 Å². The van der Waals surface area contributed by atoms with Crippen molar-refractivity contribution in [3.63, 3.8) is 0 Å². The number of carbonyl (C=O) groups excluding carboxylic acids is 1. The topological polar surface area (TPSA) is 63.2 Å². The second kappa shape index (κ2) is 7.48. The molecule has 0 bridgehead atoms. The number of nitrogens with zero attached hydrogens (tertiary/aromatic N) is 1. The summed E-state index contributed by atoms with van der Waals surface area (Å²) in [5.74, 6) is -0.343. The first-order chi connectivity index (χ1) is 10.9. The highest BCUT2D eigenvalue weighted by Gasteiger charge is 2.31. The summed E-state index contributed by atoms with van der Waals surface area (Å²) in [6.07, 6.45) is -3.18. The minimum absolute atomic E-state index is 0.0969. The van der Waals surface area contributed by atoms with E-state index >= 15 is 0 Å². The van der Waals surface area contributed by atoms with Crippen LogP contribution < -0.4 is 15.4 Å². The van der Waals surface area contributed by atoms with Gasteiger partial charge in [0.2, 0.25) is 0 Å². The standard InChI is InChI=1S/C15H14F3N3O2/c16-15(17,18)23-13-7-2-1-5-11(13)9-20-14(22)21-10-12-6-3-4-8-19-12/h1-8H,9-10H2,(H2,20,21,22). The number of rotatable bonds is 5. The molecule has 122 valence electrons. The van der Waals surface area contributed by atoms with Crippen LogP contribution in [0, 0.1) is 0 Å². The molecule has 8 heteroatoms. The van der Waals surface area contributed by atoms with Crippen LogP contribution in [0.2, 0.25) is 0 Å². The summed E-state index contributed by atoms with van der Waals surface area (Å²) in [5.41, 5.74) is 0.890. The lowest BCUT2D eigenvalue weighted by Crippen LogP contribution is -2.35. The number of pyridine rings is 1. The number of amides is 2. The SMILES string of the molecule is O=C(NCc1ccccn1)NCc1ccccc1OC(F)(F)F. The first-order valence-electron chi connectivity index (χ1n) is 6.69. The van der Waals surface area contributed by atoms with E-state index in [2.05, 4.69) is 20.4 Å². The highest BCUT2D eigenvalue weighted by atomic mass is 19.4. The van der Waals surface area contributed by atoms with E-state index in [0.717, 1.165) is 0 Å². The van der Waals surface area contributed by atoms with Crippen LogP contribution in [0.3, 0.4) is 0 Å². The van der Waals surface area contributed by atoms with Gasteiger partial charge in [-0.3, -0.25) is 4.98 Å². The third-order valence-corrected chi connectivity index (χ3v) is 2.79. The second-order valence-corrected chi connectivity index (χ2v) is 4.51.